The van der Waals surface area contributed by atoms with Gasteiger partial charge in [0.25, 0.3) is 0 Å². The molecular formula is C19H24N2. The molecule has 21 heavy (non-hydrogen) atoms. The van der Waals surface area contributed by atoms with E-state index in [-0.39, 0.29) is 0 Å². The molecule has 2 aromatic rings. The Labute approximate surface area is 127 Å². The van der Waals surface area contributed by atoms with Crippen molar-refractivity contribution in [2.24, 2.45) is 0 Å². The summed E-state index contributed by atoms with van der Waals surface area (Å²) in [7, 11) is 2.18. The summed E-state index contributed by atoms with van der Waals surface area (Å²) in [6, 6.07) is 18.3. The molecule has 110 valence electrons. The van der Waals surface area contributed by atoms with E-state index in [1.54, 1.807) is 0 Å². The fourth-order valence-corrected chi connectivity index (χ4v) is 2.63. The molecule has 0 amide bonds. The zero-order valence-corrected chi connectivity index (χ0v) is 13.0. The molecule has 0 bridgehead atoms. The summed E-state index contributed by atoms with van der Waals surface area (Å²) in [4.78, 5) is 2.34. The zero-order chi connectivity index (χ0) is 14.7. The van der Waals surface area contributed by atoms with Gasteiger partial charge in [-0.3, -0.25) is 0 Å². The van der Waals surface area contributed by atoms with Gasteiger partial charge in [-0.05, 0) is 37.0 Å². The number of aryl methyl sites for hydroxylation is 1. The Morgan fingerprint density at radius 3 is 2.48 bits per heavy atom. The number of benzene rings is 2. The summed E-state index contributed by atoms with van der Waals surface area (Å²) in [5, 5.41) is 3.61. The molecule has 1 aliphatic carbocycles. The maximum absolute atomic E-state index is 3.61. The average Bonchev–Trinajstić information content (AvgIpc) is 3.32. The van der Waals surface area contributed by atoms with E-state index in [0.717, 1.165) is 19.1 Å². The molecule has 0 unspecified atom stereocenters. The lowest BCUT2D eigenvalue weighted by Gasteiger charge is -2.23. The second-order valence-corrected chi connectivity index (χ2v) is 6.13. The maximum Gasteiger partial charge on any atom is 0.0426 e. The number of anilines is 1. The third kappa shape index (κ3) is 3.85. The predicted octanol–water partition coefficient (Wildman–Crippen LogP) is 3.88. The van der Waals surface area contributed by atoms with Crippen LogP contribution in [0.2, 0.25) is 0 Å². The van der Waals surface area contributed by atoms with Gasteiger partial charge in [0, 0.05) is 31.9 Å². The lowest BCUT2D eigenvalue weighted by molar-refractivity contribution is 0.685. The van der Waals surface area contributed by atoms with Gasteiger partial charge >= 0.3 is 0 Å². The minimum Gasteiger partial charge on any atom is -0.370 e. The van der Waals surface area contributed by atoms with E-state index in [9.17, 15) is 0 Å². The van der Waals surface area contributed by atoms with Gasteiger partial charge in [0.2, 0.25) is 0 Å². The Balaban J connectivity index is 1.70. The number of para-hydroxylation sites is 1. The molecule has 0 saturated heterocycles. The Bertz CT molecular complexity index is 585. The lowest BCUT2D eigenvalue weighted by atomic mass is 10.1. The van der Waals surface area contributed by atoms with Gasteiger partial charge in [-0.2, -0.15) is 0 Å². The molecule has 0 aromatic heterocycles. The minimum absolute atomic E-state index is 0.750. The molecular weight excluding hydrogens is 256 g/mol. The molecule has 2 nitrogen and oxygen atoms in total. The van der Waals surface area contributed by atoms with Crippen molar-refractivity contribution in [2.75, 3.05) is 11.9 Å². The first-order valence-electron chi connectivity index (χ1n) is 7.80. The van der Waals surface area contributed by atoms with Crippen molar-refractivity contribution in [3.8, 4) is 0 Å². The molecule has 2 heteroatoms. The van der Waals surface area contributed by atoms with Crippen LogP contribution >= 0.6 is 0 Å². The summed E-state index contributed by atoms with van der Waals surface area (Å²) in [6.07, 6.45) is 2.67. The fourth-order valence-electron chi connectivity index (χ4n) is 2.63. The summed E-state index contributed by atoms with van der Waals surface area (Å²) < 4.78 is 0. The van der Waals surface area contributed by atoms with Gasteiger partial charge in [-0.25, -0.2) is 0 Å². The van der Waals surface area contributed by atoms with Crippen molar-refractivity contribution in [1.82, 2.24) is 5.32 Å². The van der Waals surface area contributed by atoms with E-state index in [1.165, 1.54) is 35.2 Å². The zero-order valence-electron chi connectivity index (χ0n) is 13.0. The first-order valence-corrected chi connectivity index (χ1v) is 7.80. The van der Waals surface area contributed by atoms with Crippen LogP contribution in [0.1, 0.15) is 29.5 Å². The van der Waals surface area contributed by atoms with Crippen molar-refractivity contribution in [3.63, 3.8) is 0 Å². The second kappa shape index (κ2) is 6.31. The maximum atomic E-state index is 3.61. The van der Waals surface area contributed by atoms with Crippen molar-refractivity contribution >= 4 is 5.69 Å². The number of hydrogen-bond donors (Lipinski definition) is 1. The highest BCUT2D eigenvalue weighted by Crippen LogP contribution is 2.24. The van der Waals surface area contributed by atoms with Crippen LogP contribution in [0.15, 0.2) is 48.5 Å². The van der Waals surface area contributed by atoms with E-state index in [4.69, 9.17) is 0 Å². The first kappa shape index (κ1) is 14.2. The molecule has 1 fully saturated rings. The van der Waals surface area contributed by atoms with Gasteiger partial charge < -0.3 is 10.2 Å². The molecule has 2 aromatic carbocycles. The van der Waals surface area contributed by atoms with Gasteiger partial charge in [0.1, 0.15) is 0 Å². The molecule has 1 aliphatic rings. The quantitative estimate of drug-likeness (QED) is 0.863. The van der Waals surface area contributed by atoms with Crippen LogP contribution in [-0.2, 0) is 13.1 Å². The normalized spacial score (nSPS) is 14.2. The standard InChI is InChI=1S/C19H24N2/c1-15-7-9-16(10-8-15)14-21(2)19-6-4-3-5-17(19)13-20-18-11-12-18/h3-10,18,20H,11-14H2,1-2H3. The monoisotopic (exact) mass is 280 g/mol. The van der Waals surface area contributed by atoms with Gasteiger partial charge in [-0.1, -0.05) is 48.0 Å². The molecule has 1 saturated carbocycles. The summed E-state index contributed by atoms with van der Waals surface area (Å²) in [6.45, 7) is 4.05. The van der Waals surface area contributed by atoms with E-state index in [2.05, 4.69) is 72.7 Å². The molecule has 3 rings (SSSR count). The number of nitrogens with one attached hydrogen (secondary N) is 1. The van der Waals surface area contributed by atoms with E-state index < -0.39 is 0 Å². The highest BCUT2D eigenvalue weighted by Gasteiger charge is 2.20. The van der Waals surface area contributed by atoms with Crippen molar-refractivity contribution in [1.29, 1.82) is 0 Å². The molecule has 0 spiro atoms. The van der Waals surface area contributed by atoms with Crippen molar-refractivity contribution in [3.05, 3.63) is 65.2 Å². The summed E-state index contributed by atoms with van der Waals surface area (Å²) >= 11 is 0. The summed E-state index contributed by atoms with van der Waals surface area (Å²) in [5.74, 6) is 0. The number of nitrogens with zero attached hydrogens (tertiary/aromatic N) is 1. The number of hydrogen-bond acceptors (Lipinski definition) is 2. The highest BCUT2D eigenvalue weighted by molar-refractivity contribution is 5.53. The molecule has 0 atom stereocenters. The predicted molar refractivity (Wildman–Crippen MR) is 89.6 cm³/mol. The Kier molecular flexibility index (Phi) is 4.26. The Morgan fingerprint density at radius 1 is 1.05 bits per heavy atom. The second-order valence-electron chi connectivity index (χ2n) is 6.13. The van der Waals surface area contributed by atoms with Crippen LogP contribution in [0.25, 0.3) is 0 Å². The van der Waals surface area contributed by atoms with E-state index in [0.29, 0.717) is 0 Å². The fraction of sp³-hybridized carbons (Fsp3) is 0.368. The Hall–Kier alpha value is -1.80. The average molecular weight is 280 g/mol. The highest BCUT2D eigenvalue weighted by atomic mass is 15.1. The smallest absolute Gasteiger partial charge is 0.0426 e. The molecule has 0 heterocycles. The van der Waals surface area contributed by atoms with Crippen LogP contribution in [0.5, 0.6) is 0 Å². The van der Waals surface area contributed by atoms with Crippen LogP contribution in [0.4, 0.5) is 5.69 Å². The van der Waals surface area contributed by atoms with Gasteiger partial charge in [0.15, 0.2) is 0 Å². The largest absolute Gasteiger partial charge is 0.370 e. The molecule has 0 aliphatic heterocycles. The van der Waals surface area contributed by atoms with Crippen molar-refractivity contribution in [2.45, 2.75) is 38.9 Å². The minimum atomic E-state index is 0.750. The van der Waals surface area contributed by atoms with E-state index >= 15 is 0 Å². The van der Waals surface area contributed by atoms with Crippen LogP contribution in [0.3, 0.4) is 0 Å². The molecule has 0 radical (unpaired) electrons. The van der Waals surface area contributed by atoms with Crippen LogP contribution in [0, 0.1) is 6.92 Å². The summed E-state index contributed by atoms with van der Waals surface area (Å²) in [5.41, 5.74) is 5.38. The van der Waals surface area contributed by atoms with Crippen molar-refractivity contribution < 1.29 is 0 Å². The topological polar surface area (TPSA) is 15.3 Å². The first-order chi connectivity index (χ1) is 10.2. The lowest BCUT2D eigenvalue weighted by Crippen LogP contribution is -2.21. The van der Waals surface area contributed by atoms with E-state index in [1.807, 2.05) is 0 Å². The molecule has 1 N–H and O–H groups in total. The van der Waals surface area contributed by atoms with Gasteiger partial charge in [0.05, 0.1) is 0 Å². The number of rotatable bonds is 6. The van der Waals surface area contributed by atoms with Crippen LogP contribution in [-0.4, -0.2) is 13.1 Å². The Morgan fingerprint density at radius 2 is 1.76 bits per heavy atom. The third-order valence-electron chi connectivity index (χ3n) is 4.10. The van der Waals surface area contributed by atoms with Gasteiger partial charge in [-0.15, -0.1) is 0 Å². The van der Waals surface area contributed by atoms with Crippen LogP contribution < -0.4 is 10.2 Å². The third-order valence-corrected chi connectivity index (χ3v) is 4.10. The SMILES string of the molecule is Cc1ccc(CN(C)c2ccccc2CNC2CC2)cc1.